The van der Waals surface area contributed by atoms with Gasteiger partial charge in [0.15, 0.2) is 11.5 Å². The number of esters is 1. The smallest absolute Gasteiger partial charge is 0.310 e. The maximum Gasteiger partial charge on any atom is 0.310 e. The molecule has 1 atom stereocenters. The first-order chi connectivity index (χ1) is 20.7. The topological polar surface area (TPSA) is 149 Å². The molecule has 0 radical (unpaired) electrons. The maximum atomic E-state index is 16.1. The van der Waals surface area contributed by atoms with E-state index in [0.29, 0.717) is 24.2 Å². The number of aromatic nitrogens is 3. The summed E-state index contributed by atoms with van der Waals surface area (Å²) in [5, 5.41) is 18.1. The van der Waals surface area contributed by atoms with Gasteiger partial charge in [0.2, 0.25) is 11.6 Å². The van der Waals surface area contributed by atoms with Gasteiger partial charge in [0.25, 0.3) is 11.8 Å². The molecule has 0 spiro atoms. The van der Waals surface area contributed by atoms with E-state index in [1.807, 2.05) is 7.05 Å². The maximum absolute atomic E-state index is 16.1. The number of rotatable bonds is 9. The number of hydrogen-bond donors (Lipinski definition) is 3. The number of nitrogen functional groups attached to an aromatic ring is 1. The third-order valence-corrected chi connectivity index (χ3v) is 6.96. The normalized spacial score (nSPS) is 14.8. The molecule has 13 heteroatoms. The van der Waals surface area contributed by atoms with Gasteiger partial charge in [-0.2, -0.15) is 13.8 Å². The van der Waals surface area contributed by atoms with Crippen molar-refractivity contribution in [3.05, 3.63) is 72.1 Å². The number of carbonyl (C=O) groups excluding carboxylic acids is 1. The monoisotopic (exact) mass is 592 g/mol. The molecule has 1 aliphatic rings. The molecular formula is C30H30F2N6O5. The molecular weight excluding hydrogens is 562 g/mol. The second-order valence-electron chi connectivity index (χ2n) is 9.93. The molecule has 0 saturated carbocycles. The summed E-state index contributed by atoms with van der Waals surface area (Å²) < 4.78 is 50.7. The Balaban J connectivity index is 1.57. The number of anilines is 1. The highest BCUT2D eigenvalue weighted by Crippen LogP contribution is 2.41. The number of carbonyl (C=O) groups is 1. The number of hydrogen-bond acceptors (Lipinski definition) is 9. The minimum Gasteiger partial charge on any atom is -0.504 e. The van der Waals surface area contributed by atoms with Gasteiger partial charge in [0.1, 0.15) is 23.1 Å². The van der Waals surface area contributed by atoms with E-state index in [1.165, 1.54) is 23.1 Å². The molecule has 1 aliphatic heterocycles. The standard InChI is InChI=1S/C30H30F2N6O5/c1-3-41-30(40)19-7-5-12-38(16-19)25-23(31)28(42-20-8-4-6-18(14-20)27-35-11-13-37(27)2)36-29(24(25)32)43-22-15-17(26(33)34)9-10-21(22)39/h4,6,8-11,13-15,19,39H,3,5,7,12,16H2,1-2H3,(H3,33,34). The molecule has 43 heavy (non-hydrogen) atoms. The number of ether oxygens (including phenoxy) is 3. The van der Waals surface area contributed by atoms with Crippen molar-refractivity contribution >= 4 is 17.5 Å². The van der Waals surface area contributed by atoms with Crippen molar-refractivity contribution in [2.45, 2.75) is 19.8 Å². The number of nitrogens with two attached hydrogens (primary N) is 1. The summed E-state index contributed by atoms with van der Waals surface area (Å²) in [7, 11) is 1.83. The zero-order valence-electron chi connectivity index (χ0n) is 23.5. The number of aromatic hydroxyl groups is 1. The first kappa shape index (κ1) is 29.3. The Hall–Kier alpha value is -5.20. The number of benzene rings is 2. The van der Waals surface area contributed by atoms with Crippen LogP contribution in [-0.2, 0) is 16.6 Å². The van der Waals surface area contributed by atoms with Crippen molar-refractivity contribution in [2.75, 3.05) is 24.6 Å². The van der Waals surface area contributed by atoms with Crippen LogP contribution in [-0.4, -0.2) is 51.1 Å². The van der Waals surface area contributed by atoms with E-state index in [4.69, 9.17) is 25.4 Å². The van der Waals surface area contributed by atoms with Gasteiger partial charge in [0, 0.05) is 43.7 Å². The van der Waals surface area contributed by atoms with E-state index in [9.17, 15) is 9.90 Å². The molecule has 11 nitrogen and oxygen atoms in total. The molecule has 5 rings (SSSR count). The van der Waals surface area contributed by atoms with Gasteiger partial charge in [-0.25, -0.2) is 4.98 Å². The second-order valence-corrected chi connectivity index (χ2v) is 9.93. The molecule has 1 unspecified atom stereocenters. The molecule has 4 N–H and O–H groups in total. The van der Waals surface area contributed by atoms with E-state index in [1.54, 1.807) is 48.1 Å². The summed E-state index contributed by atoms with van der Waals surface area (Å²) in [5.41, 5.74) is 5.94. The number of pyridine rings is 1. The fourth-order valence-corrected chi connectivity index (χ4v) is 4.86. The minimum atomic E-state index is -1.16. The highest BCUT2D eigenvalue weighted by atomic mass is 19.1. The van der Waals surface area contributed by atoms with Crippen LogP contribution in [0, 0.1) is 23.0 Å². The number of nitrogens with one attached hydrogen (secondary N) is 1. The summed E-state index contributed by atoms with van der Waals surface area (Å²) in [6.07, 6.45) is 4.39. The van der Waals surface area contributed by atoms with Crippen molar-refractivity contribution in [3.8, 4) is 40.4 Å². The van der Waals surface area contributed by atoms with E-state index in [0.717, 1.165) is 0 Å². The Kier molecular flexibility index (Phi) is 8.41. The third-order valence-electron chi connectivity index (χ3n) is 6.96. The van der Waals surface area contributed by atoms with Crippen molar-refractivity contribution in [3.63, 3.8) is 0 Å². The zero-order valence-corrected chi connectivity index (χ0v) is 23.5. The van der Waals surface area contributed by atoms with Crippen LogP contribution in [0.4, 0.5) is 14.5 Å². The van der Waals surface area contributed by atoms with Gasteiger partial charge in [-0.1, -0.05) is 12.1 Å². The SMILES string of the molecule is CCOC(=O)C1CCCN(c2c(F)c(Oc3cccc(-c4nccn4C)c3)nc(Oc3cc(C(=N)N)ccc3O)c2F)C1. The van der Waals surface area contributed by atoms with Crippen LogP contribution >= 0.6 is 0 Å². The molecule has 0 bridgehead atoms. The lowest BCUT2D eigenvalue weighted by atomic mass is 9.97. The van der Waals surface area contributed by atoms with E-state index >= 15 is 8.78 Å². The number of halogens is 2. The van der Waals surface area contributed by atoms with Crippen molar-refractivity contribution < 1.29 is 32.9 Å². The summed E-state index contributed by atoms with van der Waals surface area (Å²) in [6, 6.07) is 10.6. The molecule has 4 aromatic rings. The Bertz CT molecular complexity index is 1680. The van der Waals surface area contributed by atoms with Crippen LogP contribution < -0.4 is 20.1 Å². The Morgan fingerprint density at radius 2 is 1.93 bits per heavy atom. The Morgan fingerprint density at radius 3 is 2.63 bits per heavy atom. The predicted octanol–water partition coefficient (Wildman–Crippen LogP) is 5.11. The number of imidazole rings is 1. The largest absolute Gasteiger partial charge is 0.504 e. The van der Waals surface area contributed by atoms with Crippen LogP contribution in [0.5, 0.6) is 29.0 Å². The number of phenolic OH excluding ortho intramolecular Hbond substituents is 1. The predicted molar refractivity (Wildman–Crippen MR) is 154 cm³/mol. The Morgan fingerprint density at radius 1 is 1.16 bits per heavy atom. The average Bonchev–Trinajstić information content (AvgIpc) is 3.43. The molecule has 2 aromatic carbocycles. The summed E-state index contributed by atoms with van der Waals surface area (Å²) in [5.74, 6) is -4.72. The van der Waals surface area contributed by atoms with Crippen LogP contribution in [0.3, 0.4) is 0 Å². The number of aryl methyl sites for hydroxylation is 1. The van der Waals surface area contributed by atoms with E-state index in [-0.39, 0.29) is 48.3 Å². The Labute approximate surface area is 246 Å². The molecule has 0 amide bonds. The first-order valence-electron chi connectivity index (χ1n) is 13.6. The van der Waals surface area contributed by atoms with Gasteiger partial charge >= 0.3 is 5.97 Å². The van der Waals surface area contributed by atoms with E-state index in [2.05, 4.69) is 9.97 Å². The lowest BCUT2D eigenvalue weighted by molar-refractivity contribution is -0.148. The minimum absolute atomic E-state index is 0.00468. The first-order valence-corrected chi connectivity index (χ1v) is 13.6. The summed E-state index contributed by atoms with van der Waals surface area (Å²) in [4.78, 5) is 22.2. The van der Waals surface area contributed by atoms with Crippen LogP contribution in [0.2, 0.25) is 0 Å². The van der Waals surface area contributed by atoms with Crippen molar-refractivity contribution in [2.24, 2.45) is 18.7 Å². The lowest BCUT2D eigenvalue weighted by Gasteiger charge is -2.33. The van der Waals surface area contributed by atoms with Gasteiger partial charge in [-0.15, -0.1) is 0 Å². The molecule has 0 aliphatic carbocycles. The van der Waals surface area contributed by atoms with E-state index < -0.39 is 41.0 Å². The number of amidine groups is 1. The lowest BCUT2D eigenvalue weighted by Crippen LogP contribution is -2.40. The molecule has 224 valence electrons. The molecule has 1 saturated heterocycles. The average molecular weight is 593 g/mol. The summed E-state index contributed by atoms with van der Waals surface area (Å²) >= 11 is 0. The van der Waals surface area contributed by atoms with Crippen LogP contribution in [0.25, 0.3) is 11.4 Å². The van der Waals surface area contributed by atoms with Gasteiger partial charge in [-0.3, -0.25) is 10.2 Å². The highest BCUT2D eigenvalue weighted by Gasteiger charge is 2.33. The fraction of sp³-hybridized carbons (Fsp3) is 0.267. The molecule has 1 fully saturated rings. The van der Waals surface area contributed by atoms with Gasteiger partial charge in [-0.05, 0) is 50.1 Å². The van der Waals surface area contributed by atoms with Crippen molar-refractivity contribution in [1.82, 2.24) is 14.5 Å². The third kappa shape index (κ3) is 6.20. The number of nitrogens with zero attached hydrogens (tertiary/aromatic N) is 4. The summed E-state index contributed by atoms with van der Waals surface area (Å²) in [6.45, 7) is 2.11. The zero-order chi connectivity index (χ0) is 30.7. The number of piperidine rings is 1. The van der Waals surface area contributed by atoms with Gasteiger partial charge in [0.05, 0.1) is 12.5 Å². The van der Waals surface area contributed by atoms with Crippen LogP contribution in [0.1, 0.15) is 25.3 Å². The van der Waals surface area contributed by atoms with Crippen molar-refractivity contribution in [1.29, 1.82) is 5.41 Å². The quantitative estimate of drug-likeness (QED) is 0.137. The fourth-order valence-electron chi connectivity index (χ4n) is 4.86. The highest BCUT2D eigenvalue weighted by molar-refractivity contribution is 5.95. The molecule has 2 aromatic heterocycles. The molecule has 3 heterocycles. The number of phenols is 1. The second kappa shape index (κ2) is 12.3. The van der Waals surface area contributed by atoms with Crippen LogP contribution in [0.15, 0.2) is 54.9 Å². The van der Waals surface area contributed by atoms with Gasteiger partial charge < -0.3 is 34.5 Å².